The van der Waals surface area contributed by atoms with Gasteiger partial charge in [-0.25, -0.2) is 4.98 Å². The molecule has 98 valence electrons. The van der Waals surface area contributed by atoms with Gasteiger partial charge in [-0.05, 0) is 18.2 Å². The standard InChI is InChI=1S/C12H17N3O2S/c1-17-7-5-15(4-6-16)12-14-10-3-2-9(13)8-11(10)18-12/h2-3,8,16H,4-7,13H2,1H3. The van der Waals surface area contributed by atoms with E-state index in [1.54, 1.807) is 18.4 Å². The highest BCUT2D eigenvalue weighted by Gasteiger charge is 2.11. The number of fused-ring (bicyclic) bond motifs is 1. The number of benzene rings is 1. The number of ether oxygens (including phenoxy) is 1. The fraction of sp³-hybridized carbons (Fsp3) is 0.417. The minimum absolute atomic E-state index is 0.0990. The topological polar surface area (TPSA) is 71.6 Å². The highest BCUT2D eigenvalue weighted by molar-refractivity contribution is 7.22. The van der Waals surface area contributed by atoms with Crippen molar-refractivity contribution >= 4 is 32.4 Å². The van der Waals surface area contributed by atoms with Gasteiger partial charge in [-0.1, -0.05) is 11.3 Å². The summed E-state index contributed by atoms with van der Waals surface area (Å²) in [6.07, 6.45) is 0. The molecule has 3 N–H and O–H groups in total. The second-order valence-electron chi connectivity index (χ2n) is 3.93. The van der Waals surface area contributed by atoms with Crippen molar-refractivity contribution in [3.8, 4) is 0 Å². The zero-order valence-corrected chi connectivity index (χ0v) is 11.1. The molecule has 0 fully saturated rings. The molecule has 0 radical (unpaired) electrons. The highest BCUT2D eigenvalue weighted by Crippen LogP contribution is 2.29. The van der Waals surface area contributed by atoms with E-state index in [-0.39, 0.29) is 6.61 Å². The smallest absolute Gasteiger partial charge is 0.186 e. The van der Waals surface area contributed by atoms with E-state index in [1.807, 2.05) is 23.1 Å². The second-order valence-corrected chi connectivity index (χ2v) is 4.94. The molecule has 1 heterocycles. The lowest BCUT2D eigenvalue weighted by Crippen LogP contribution is -2.29. The van der Waals surface area contributed by atoms with E-state index in [0.29, 0.717) is 19.7 Å². The molecule has 2 aromatic rings. The molecule has 0 aliphatic heterocycles. The number of rotatable bonds is 6. The number of aliphatic hydroxyl groups excluding tert-OH is 1. The number of methoxy groups -OCH3 is 1. The van der Waals surface area contributed by atoms with Crippen LogP contribution in [0.15, 0.2) is 18.2 Å². The molecule has 0 saturated carbocycles. The zero-order chi connectivity index (χ0) is 13.0. The number of nitrogens with zero attached hydrogens (tertiary/aromatic N) is 2. The Morgan fingerprint density at radius 2 is 2.28 bits per heavy atom. The molecule has 0 aliphatic rings. The maximum Gasteiger partial charge on any atom is 0.186 e. The summed E-state index contributed by atoms with van der Waals surface area (Å²) in [4.78, 5) is 6.57. The van der Waals surface area contributed by atoms with E-state index in [4.69, 9.17) is 15.6 Å². The van der Waals surface area contributed by atoms with Gasteiger partial charge in [0.25, 0.3) is 0 Å². The molecule has 0 saturated heterocycles. The van der Waals surface area contributed by atoms with Crippen LogP contribution in [0.3, 0.4) is 0 Å². The van der Waals surface area contributed by atoms with Crippen molar-refractivity contribution in [2.45, 2.75) is 0 Å². The van der Waals surface area contributed by atoms with Crippen LogP contribution in [-0.4, -0.2) is 43.5 Å². The minimum Gasteiger partial charge on any atom is -0.399 e. The van der Waals surface area contributed by atoms with Crippen molar-refractivity contribution in [1.29, 1.82) is 0 Å². The summed E-state index contributed by atoms with van der Waals surface area (Å²) in [5.41, 5.74) is 7.43. The molecule has 18 heavy (non-hydrogen) atoms. The Hall–Kier alpha value is -1.37. The second kappa shape index (κ2) is 5.99. The number of aliphatic hydroxyl groups is 1. The first-order valence-corrected chi connectivity index (χ1v) is 6.57. The van der Waals surface area contributed by atoms with Gasteiger partial charge in [-0.2, -0.15) is 0 Å². The normalized spacial score (nSPS) is 11.0. The SMILES string of the molecule is COCCN(CCO)c1nc2ccc(N)cc2s1. The molecule has 0 aliphatic carbocycles. The van der Waals surface area contributed by atoms with Crippen molar-refractivity contribution in [3.63, 3.8) is 0 Å². The Morgan fingerprint density at radius 1 is 1.44 bits per heavy atom. The van der Waals surface area contributed by atoms with E-state index < -0.39 is 0 Å². The van der Waals surface area contributed by atoms with Crippen molar-refractivity contribution < 1.29 is 9.84 Å². The monoisotopic (exact) mass is 267 g/mol. The summed E-state index contributed by atoms with van der Waals surface area (Å²) >= 11 is 1.58. The molecule has 0 bridgehead atoms. The van der Waals surface area contributed by atoms with Crippen LogP contribution in [0.5, 0.6) is 0 Å². The van der Waals surface area contributed by atoms with Gasteiger partial charge in [0.15, 0.2) is 5.13 Å². The molecule has 1 aromatic carbocycles. The lowest BCUT2D eigenvalue weighted by atomic mass is 10.3. The van der Waals surface area contributed by atoms with Gasteiger partial charge in [0.1, 0.15) is 0 Å². The van der Waals surface area contributed by atoms with Crippen LogP contribution in [0.25, 0.3) is 10.2 Å². The molecule has 0 amide bonds. The van der Waals surface area contributed by atoms with Crippen LogP contribution in [0.4, 0.5) is 10.8 Å². The van der Waals surface area contributed by atoms with Gasteiger partial charge < -0.3 is 20.5 Å². The number of nitrogen functional groups attached to an aromatic ring is 1. The number of hydrogen-bond donors (Lipinski definition) is 2. The van der Waals surface area contributed by atoms with Gasteiger partial charge in [-0.15, -0.1) is 0 Å². The van der Waals surface area contributed by atoms with E-state index in [1.165, 1.54) is 0 Å². The van der Waals surface area contributed by atoms with Gasteiger partial charge in [0.2, 0.25) is 0 Å². The fourth-order valence-corrected chi connectivity index (χ4v) is 2.76. The minimum atomic E-state index is 0.0990. The molecule has 0 spiro atoms. The first-order valence-electron chi connectivity index (χ1n) is 5.75. The van der Waals surface area contributed by atoms with Crippen LogP contribution in [-0.2, 0) is 4.74 Å². The van der Waals surface area contributed by atoms with Crippen LogP contribution in [0.1, 0.15) is 0 Å². The number of anilines is 2. The summed E-state index contributed by atoms with van der Waals surface area (Å²) in [7, 11) is 1.66. The van der Waals surface area contributed by atoms with E-state index in [0.717, 1.165) is 21.0 Å². The van der Waals surface area contributed by atoms with E-state index in [9.17, 15) is 0 Å². The molecule has 1 aromatic heterocycles. The van der Waals surface area contributed by atoms with E-state index >= 15 is 0 Å². The van der Waals surface area contributed by atoms with Crippen LogP contribution in [0, 0.1) is 0 Å². The summed E-state index contributed by atoms with van der Waals surface area (Å²) in [5, 5.41) is 9.98. The third kappa shape index (κ3) is 2.90. The van der Waals surface area contributed by atoms with Crippen LogP contribution < -0.4 is 10.6 Å². The predicted octanol–water partition coefficient (Wildman–Crippen LogP) is 1.32. The Balaban J connectivity index is 2.26. The largest absolute Gasteiger partial charge is 0.399 e. The van der Waals surface area contributed by atoms with Gasteiger partial charge in [-0.3, -0.25) is 0 Å². The third-order valence-electron chi connectivity index (χ3n) is 2.61. The fourth-order valence-electron chi connectivity index (χ4n) is 1.69. The maximum atomic E-state index is 9.09. The Labute approximate surface area is 110 Å². The van der Waals surface area contributed by atoms with Crippen molar-refractivity contribution in [1.82, 2.24) is 4.98 Å². The number of thiazole rings is 1. The summed E-state index contributed by atoms with van der Waals surface area (Å²) in [6.45, 7) is 1.98. The van der Waals surface area contributed by atoms with Gasteiger partial charge >= 0.3 is 0 Å². The molecule has 0 unspecified atom stereocenters. The molecule has 5 nitrogen and oxygen atoms in total. The number of hydrogen-bond acceptors (Lipinski definition) is 6. The molecule has 0 atom stereocenters. The van der Waals surface area contributed by atoms with Crippen molar-refractivity contribution in [2.75, 3.05) is 44.0 Å². The highest BCUT2D eigenvalue weighted by atomic mass is 32.1. The lowest BCUT2D eigenvalue weighted by molar-refractivity contribution is 0.203. The Morgan fingerprint density at radius 3 is 3.00 bits per heavy atom. The van der Waals surface area contributed by atoms with E-state index in [2.05, 4.69) is 4.98 Å². The zero-order valence-electron chi connectivity index (χ0n) is 10.3. The maximum absolute atomic E-state index is 9.09. The molecular formula is C12H17N3O2S. The quantitative estimate of drug-likeness (QED) is 0.772. The van der Waals surface area contributed by atoms with Crippen molar-refractivity contribution in [3.05, 3.63) is 18.2 Å². The predicted molar refractivity (Wildman–Crippen MR) is 75.2 cm³/mol. The summed E-state index contributed by atoms with van der Waals surface area (Å²) in [5.74, 6) is 0. The van der Waals surface area contributed by atoms with Crippen LogP contribution >= 0.6 is 11.3 Å². The third-order valence-corrected chi connectivity index (χ3v) is 3.69. The average molecular weight is 267 g/mol. The summed E-state index contributed by atoms with van der Waals surface area (Å²) < 4.78 is 6.13. The van der Waals surface area contributed by atoms with Gasteiger partial charge in [0.05, 0.1) is 23.4 Å². The molecule has 6 heteroatoms. The first-order chi connectivity index (χ1) is 8.74. The molecular weight excluding hydrogens is 250 g/mol. The average Bonchev–Trinajstić information content (AvgIpc) is 2.77. The molecule has 2 rings (SSSR count). The number of aromatic nitrogens is 1. The van der Waals surface area contributed by atoms with Crippen molar-refractivity contribution in [2.24, 2.45) is 0 Å². The first kappa shape index (κ1) is 13.1. The van der Waals surface area contributed by atoms with Gasteiger partial charge in [0, 0.05) is 25.9 Å². The summed E-state index contributed by atoms with van der Waals surface area (Å²) in [6, 6.07) is 5.68. The Kier molecular flexibility index (Phi) is 4.35. The number of nitrogens with two attached hydrogens (primary N) is 1. The Bertz CT molecular complexity index is 515. The van der Waals surface area contributed by atoms with Crippen LogP contribution in [0.2, 0.25) is 0 Å². The lowest BCUT2D eigenvalue weighted by Gasteiger charge is -2.19.